The molecule has 0 amide bonds. The van der Waals surface area contributed by atoms with Gasteiger partial charge in [0.25, 0.3) is 0 Å². The quantitative estimate of drug-likeness (QED) is 0.164. The van der Waals surface area contributed by atoms with Gasteiger partial charge in [-0.3, -0.25) is 0 Å². The van der Waals surface area contributed by atoms with Gasteiger partial charge >= 0.3 is 0 Å². The number of hydrogen-bond donors (Lipinski definition) is 3. The second-order valence-electron chi connectivity index (χ2n) is 12.6. The fourth-order valence-electron chi connectivity index (χ4n) is 6.17. The van der Waals surface area contributed by atoms with E-state index in [1.54, 1.807) is 6.92 Å². The van der Waals surface area contributed by atoms with Crippen LogP contribution in [-0.4, -0.2) is 83.3 Å². The van der Waals surface area contributed by atoms with E-state index in [1.807, 2.05) is 121 Å². The first-order valence-electron chi connectivity index (χ1n) is 17.0. The molecule has 10 nitrogen and oxygen atoms in total. The third kappa shape index (κ3) is 9.62. The fourth-order valence-corrected chi connectivity index (χ4v) is 6.17. The Morgan fingerprint density at radius 2 is 0.940 bits per heavy atom. The molecule has 2 aliphatic rings. The summed E-state index contributed by atoms with van der Waals surface area (Å²) >= 11 is 0. The predicted octanol–water partition coefficient (Wildman–Crippen LogP) is 4.53. The van der Waals surface area contributed by atoms with Crippen molar-refractivity contribution in [2.24, 2.45) is 0 Å². The minimum Gasteiger partial charge on any atom is -0.388 e. The van der Waals surface area contributed by atoms with Crippen LogP contribution >= 0.6 is 0 Å². The Morgan fingerprint density at radius 1 is 0.500 bits per heavy atom. The molecule has 4 aromatic carbocycles. The number of benzene rings is 4. The zero-order valence-corrected chi connectivity index (χ0v) is 28.1. The van der Waals surface area contributed by atoms with Crippen molar-refractivity contribution >= 4 is 0 Å². The smallest absolute Gasteiger partial charge is 0.187 e. The highest BCUT2D eigenvalue weighted by Crippen LogP contribution is 2.33. The van der Waals surface area contributed by atoms with E-state index in [9.17, 15) is 15.3 Å². The predicted molar refractivity (Wildman–Crippen MR) is 183 cm³/mol. The highest BCUT2D eigenvalue weighted by atomic mass is 16.7. The first kappa shape index (κ1) is 36.3. The van der Waals surface area contributed by atoms with Gasteiger partial charge < -0.3 is 48.5 Å². The molecule has 0 aliphatic carbocycles. The maximum atomic E-state index is 11.4. The van der Waals surface area contributed by atoms with Crippen molar-refractivity contribution in [2.45, 2.75) is 94.8 Å². The summed E-state index contributed by atoms with van der Waals surface area (Å²) in [5, 5.41) is 33.5. The Balaban J connectivity index is 1.29. The summed E-state index contributed by atoms with van der Waals surface area (Å²) in [6.45, 7) is 2.52. The lowest BCUT2D eigenvalue weighted by Gasteiger charge is -2.48. The van der Waals surface area contributed by atoms with E-state index in [1.165, 1.54) is 0 Å². The van der Waals surface area contributed by atoms with E-state index in [2.05, 4.69) is 0 Å². The molecule has 0 radical (unpaired) electrons. The van der Waals surface area contributed by atoms with Crippen LogP contribution in [0, 0.1) is 0 Å². The van der Waals surface area contributed by atoms with Gasteiger partial charge in [0.05, 0.1) is 39.1 Å². The van der Waals surface area contributed by atoms with Crippen molar-refractivity contribution in [3.63, 3.8) is 0 Å². The molecular formula is C40H46O10. The van der Waals surface area contributed by atoms with Crippen LogP contribution in [0.5, 0.6) is 0 Å². The van der Waals surface area contributed by atoms with Gasteiger partial charge in [-0.25, -0.2) is 0 Å². The van der Waals surface area contributed by atoms with Gasteiger partial charge in [-0.1, -0.05) is 121 Å². The second kappa shape index (κ2) is 18.1. The van der Waals surface area contributed by atoms with Gasteiger partial charge in [0.1, 0.15) is 42.7 Å². The Hall–Kier alpha value is -3.52. The normalized spacial score (nSPS) is 29.8. The molecule has 2 heterocycles. The van der Waals surface area contributed by atoms with Gasteiger partial charge in [0.15, 0.2) is 12.6 Å². The van der Waals surface area contributed by atoms with Crippen LogP contribution in [0.4, 0.5) is 0 Å². The molecule has 0 spiro atoms. The maximum absolute atomic E-state index is 11.4. The Kier molecular flexibility index (Phi) is 13.1. The minimum absolute atomic E-state index is 0.0379. The summed E-state index contributed by atoms with van der Waals surface area (Å²) in [5.41, 5.74) is 3.67. The van der Waals surface area contributed by atoms with Crippen molar-refractivity contribution < 1.29 is 48.5 Å². The van der Waals surface area contributed by atoms with Gasteiger partial charge in [0, 0.05) is 0 Å². The molecule has 0 aromatic heterocycles. The molecule has 6 rings (SSSR count). The molecule has 10 atom stereocenters. The molecule has 0 saturated carbocycles. The van der Waals surface area contributed by atoms with Crippen LogP contribution in [0.2, 0.25) is 0 Å². The summed E-state index contributed by atoms with van der Waals surface area (Å²) < 4.78 is 44.3. The Morgan fingerprint density at radius 3 is 1.44 bits per heavy atom. The first-order chi connectivity index (χ1) is 24.5. The van der Waals surface area contributed by atoms with Crippen molar-refractivity contribution in [3.8, 4) is 0 Å². The highest BCUT2D eigenvalue weighted by Gasteiger charge is 2.52. The van der Waals surface area contributed by atoms with E-state index in [-0.39, 0.29) is 26.4 Å². The first-order valence-corrected chi connectivity index (χ1v) is 17.0. The number of hydrogen-bond acceptors (Lipinski definition) is 10. The third-order valence-corrected chi connectivity index (χ3v) is 8.93. The maximum Gasteiger partial charge on any atom is 0.187 e. The molecule has 50 heavy (non-hydrogen) atoms. The Labute approximate surface area is 293 Å². The number of ether oxygens (including phenoxy) is 7. The lowest BCUT2D eigenvalue weighted by Crippen LogP contribution is -2.65. The molecule has 2 fully saturated rings. The zero-order chi connectivity index (χ0) is 34.7. The lowest BCUT2D eigenvalue weighted by molar-refractivity contribution is -0.365. The topological polar surface area (TPSA) is 125 Å². The van der Waals surface area contributed by atoms with E-state index in [4.69, 9.17) is 33.2 Å². The average molecular weight is 687 g/mol. The van der Waals surface area contributed by atoms with Crippen molar-refractivity contribution in [1.29, 1.82) is 0 Å². The molecule has 0 bridgehead atoms. The molecule has 2 aliphatic heterocycles. The van der Waals surface area contributed by atoms with Crippen LogP contribution in [-0.2, 0) is 59.6 Å². The van der Waals surface area contributed by atoms with Crippen LogP contribution in [0.1, 0.15) is 29.2 Å². The van der Waals surface area contributed by atoms with Gasteiger partial charge in [-0.05, 0) is 29.2 Å². The van der Waals surface area contributed by atoms with E-state index >= 15 is 0 Å². The SMILES string of the molecule is C[C@@H]1O[C@@H](O[C@H]2[C@H](OCc3ccccc3)[C@@H](OCc3ccccc3)[C@@H](O)O[C@@H]2COCc2ccccc2)[C@H](OCc2ccccc2)[C@H](O)[C@H]1O. The standard InChI is InChI=1S/C40H46O10/c1-27-33(41)34(42)36(45-23-29-16-8-3-9-17-29)40(48-27)50-35-32(26-44-22-28-14-6-2-7-15-28)49-39(43)38(47-25-31-20-12-5-13-21-31)37(35)46-24-30-18-10-4-11-19-30/h2-21,27,32-43H,22-26H2,1H3/t27-,32+,33-,34+,35+,36+,37-,38+,39-,40-/m0/s1. The Bertz CT molecular complexity index is 1530. The minimum atomic E-state index is -1.38. The van der Waals surface area contributed by atoms with Crippen molar-refractivity contribution in [1.82, 2.24) is 0 Å². The van der Waals surface area contributed by atoms with Crippen LogP contribution in [0.15, 0.2) is 121 Å². The van der Waals surface area contributed by atoms with Crippen LogP contribution in [0.25, 0.3) is 0 Å². The van der Waals surface area contributed by atoms with E-state index in [0.717, 1.165) is 22.3 Å². The largest absolute Gasteiger partial charge is 0.388 e. The second-order valence-corrected chi connectivity index (χ2v) is 12.6. The summed E-state index contributed by atoms with van der Waals surface area (Å²) in [6.07, 6.45) is -10.5. The molecule has 3 N–H and O–H groups in total. The number of aliphatic hydroxyl groups excluding tert-OH is 3. The van der Waals surface area contributed by atoms with Crippen molar-refractivity contribution in [3.05, 3.63) is 144 Å². The van der Waals surface area contributed by atoms with Gasteiger partial charge in [-0.2, -0.15) is 0 Å². The average Bonchev–Trinajstić information content (AvgIpc) is 3.15. The molecule has 0 unspecified atom stereocenters. The highest BCUT2D eigenvalue weighted by molar-refractivity contribution is 5.16. The lowest BCUT2D eigenvalue weighted by atomic mass is 9.96. The van der Waals surface area contributed by atoms with Crippen molar-refractivity contribution in [2.75, 3.05) is 6.61 Å². The molecular weight excluding hydrogens is 640 g/mol. The van der Waals surface area contributed by atoms with Crippen LogP contribution in [0.3, 0.4) is 0 Å². The summed E-state index contributed by atoms with van der Waals surface area (Å²) in [7, 11) is 0. The van der Waals surface area contributed by atoms with Gasteiger partial charge in [-0.15, -0.1) is 0 Å². The number of aliphatic hydroxyl groups is 3. The van der Waals surface area contributed by atoms with Gasteiger partial charge in [0.2, 0.25) is 0 Å². The molecule has 2 saturated heterocycles. The third-order valence-electron chi connectivity index (χ3n) is 8.93. The van der Waals surface area contributed by atoms with Crippen LogP contribution < -0.4 is 0 Å². The monoisotopic (exact) mass is 686 g/mol. The zero-order valence-electron chi connectivity index (χ0n) is 28.1. The summed E-state index contributed by atoms with van der Waals surface area (Å²) in [5.74, 6) is 0. The van der Waals surface area contributed by atoms with E-state index in [0.29, 0.717) is 6.61 Å². The fraction of sp³-hybridized carbons (Fsp3) is 0.400. The molecule has 10 heteroatoms. The summed E-state index contributed by atoms with van der Waals surface area (Å²) in [4.78, 5) is 0. The summed E-state index contributed by atoms with van der Waals surface area (Å²) in [6, 6.07) is 38.5. The molecule has 4 aromatic rings. The van der Waals surface area contributed by atoms with E-state index < -0.39 is 61.4 Å². The molecule has 266 valence electrons. The number of rotatable bonds is 15.